The number of hydrogen-bond acceptors (Lipinski definition) is 3. The van der Waals surface area contributed by atoms with Gasteiger partial charge in [0.05, 0.1) is 5.75 Å². The summed E-state index contributed by atoms with van der Waals surface area (Å²) < 4.78 is 0. The van der Waals surface area contributed by atoms with E-state index in [1.165, 1.54) is 22.9 Å². The molecule has 0 bridgehead atoms. The highest BCUT2D eigenvalue weighted by Gasteiger charge is 2.26. The van der Waals surface area contributed by atoms with Crippen molar-refractivity contribution >= 4 is 46.8 Å². The number of amides is 2. The van der Waals surface area contributed by atoms with E-state index in [0.717, 1.165) is 11.3 Å². The number of hydrogen-bond donors (Lipinski definition) is 1. The second-order valence-electron chi connectivity index (χ2n) is 6.75. The first kappa shape index (κ1) is 23.6. The fourth-order valence-corrected chi connectivity index (χ4v) is 4.30. The molecule has 29 heavy (non-hydrogen) atoms. The van der Waals surface area contributed by atoms with Crippen LogP contribution in [0, 0.1) is 6.92 Å². The summed E-state index contributed by atoms with van der Waals surface area (Å²) in [5.41, 5.74) is 3.16. The van der Waals surface area contributed by atoms with Crippen LogP contribution in [-0.2, 0) is 21.9 Å². The predicted molar refractivity (Wildman–Crippen MR) is 122 cm³/mol. The molecule has 0 aliphatic heterocycles. The maximum atomic E-state index is 13.0. The zero-order valence-corrected chi connectivity index (χ0v) is 19.2. The molecule has 4 nitrogen and oxygen atoms in total. The first-order valence-electron chi connectivity index (χ1n) is 9.46. The van der Waals surface area contributed by atoms with Gasteiger partial charge >= 0.3 is 0 Å². The zero-order valence-electron chi connectivity index (χ0n) is 16.9. The van der Waals surface area contributed by atoms with Crippen LogP contribution in [0.5, 0.6) is 0 Å². The van der Waals surface area contributed by atoms with E-state index >= 15 is 0 Å². The van der Waals surface area contributed by atoms with Crippen molar-refractivity contribution in [3.05, 3.63) is 69.2 Å². The summed E-state index contributed by atoms with van der Waals surface area (Å²) in [5.74, 6) is 0.732. The highest BCUT2D eigenvalue weighted by molar-refractivity contribution is 7.99. The quantitative estimate of drug-likeness (QED) is 0.576. The molecule has 2 amide bonds. The van der Waals surface area contributed by atoms with Crippen LogP contribution >= 0.6 is 35.0 Å². The standard InChI is InChI=1S/C22H26Cl2N2O2S/c1-4-25-22(28)16(3)26(12-17-9-10-19(23)11-20(17)24)21(27)14-29-13-18-8-6-5-7-15(18)2/h5-11,16H,4,12-14H2,1-3H3,(H,25,28)/t16-/m0/s1. The summed E-state index contributed by atoms with van der Waals surface area (Å²) in [6, 6.07) is 12.7. The lowest BCUT2D eigenvalue weighted by atomic mass is 10.1. The van der Waals surface area contributed by atoms with Gasteiger partial charge in [-0.2, -0.15) is 0 Å². The Hall–Kier alpha value is -1.69. The van der Waals surface area contributed by atoms with Gasteiger partial charge in [0, 0.05) is 28.9 Å². The number of halogens is 2. The van der Waals surface area contributed by atoms with Gasteiger partial charge in [-0.25, -0.2) is 0 Å². The average molecular weight is 453 g/mol. The fourth-order valence-electron chi connectivity index (χ4n) is 2.84. The number of aryl methyl sites for hydroxylation is 1. The van der Waals surface area contributed by atoms with Crippen molar-refractivity contribution in [3.8, 4) is 0 Å². The Labute approximate surface area is 187 Å². The molecule has 0 radical (unpaired) electrons. The molecule has 0 saturated carbocycles. The molecule has 156 valence electrons. The molecule has 0 unspecified atom stereocenters. The summed E-state index contributed by atoms with van der Waals surface area (Å²) in [6.45, 7) is 6.40. The first-order chi connectivity index (χ1) is 13.8. The molecule has 0 saturated heterocycles. The van der Waals surface area contributed by atoms with Gasteiger partial charge in [-0.1, -0.05) is 53.5 Å². The zero-order chi connectivity index (χ0) is 21.4. The Morgan fingerprint density at radius 3 is 2.52 bits per heavy atom. The minimum absolute atomic E-state index is 0.103. The summed E-state index contributed by atoms with van der Waals surface area (Å²) in [5, 5.41) is 3.79. The van der Waals surface area contributed by atoms with Crippen LogP contribution in [0.15, 0.2) is 42.5 Å². The maximum Gasteiger partial charge on any atom is 0.242 e. The van der Waals surface area contributed by atoms with Crippen LogP contribution in [0.2, 0.25) is 10.0 Å². The van der Waals surface area contributed by atoms with Crippen molar-refractivity contribution in [1.82, 2.24) is 10.2 Å². The lowest BCUT2D eigenvalue weighted by molar-refractivity contribution is -0.138. The Balaban J connectivity index is 2.11. The van der Waals surface area contributed by atoms with Crippen LogP contribution < -0.4 is 5.32 Å². The van der Waals surface area contributed by atoms with Gasteiger partial charge in [0.25, 0.3) is 0 Å². The first-order valence-corrected chi connectivity index (χ1v) is 11.4. The summed E-state index contributed by atoms with van der Waals surface area (Å²) in [4.78, 5) is 27.0. The summed E-state index contributed by atoms with van der Waals surface area (Å²) in [7, 11) is 0. The molecule has 2 aromatic carbocycles. The van der Waals surface area contributed by atoms with Crippen LogP contribution in [0.1, 0.15) is 30.5 Å². The molecular weight excluding hydrogens is 427 g/mol. The molecule has 0 fully saturated rings. The number of nitrogens with zero attached hydrogens (tertiary/aromatic N) is 1. The number of carbonyl (C=O) groups excluding carboxylic acids is 2. The molecule has 0 aliphatic rings. The third kappa shape index (κ3) is 6.95. The minimum atomic E-state index is -0.603. The Kier molecular flexibility index (Phi) is 9.34. The van der Waals surface area contributed by atoms with E-state index in [1.807, 2.05) is 19.1 Å². The SMILES string of the molecule is CCNC(=O)[C@H](C)N(Cc1ccc(Cl)cc1Cl)C(=O)CSCc1ccccc1C. The maximum absolute atomic E-state index is 13.0. The van der Waals surface area contributed by atoms with E-state index < -0.39 is 6.04 Å². The van der Waals surface area contributed by atoms with Crippen molar-refractivity contribution in [2.75, 3.05) is 12.3 Å². The Bertz CT molecular complexity index is 860. The molecule has 1 atom stereocenters. The number of carbonyl (C=O) groups is 2. The van der Waals surface area contributed by atoms with Crippen molar-refractivity contribution < 1.29 is 9.59 Å². The summed E-state index contributed by atoms with van der Waals surface area (Å²) >= 11 is 13.8. The lowest BCUT2D eigenvalue weighted by Crippen LogP contribution is -2.48. The molecule has 7 heteroatoms. The average Bonchev–Trinajstić information content (AvgIpc) is 2.68. The molecule has 0 spiro atoms. The van der Waals surface area contributed by atoms with Gasteiger partial charge in [-0.05, 0) is 49.6 Å². The number of likely N-dealkylation sites (N-methyl/N-ethyl adjacent to an activating group) is 1. The largest absolute Gasteiger partial charge is 0.355 e. The van der Waals surface area contributed by atoms with Gasteiger partial charge in [0.15, 0.2) is 0 Å². The number of nitrogens with one attached hydrogen (secondary N) is 1. The number of benzene rings is 2. The van der Waals surface area contributed by atoms with Crippen molar-refractivity contribution in [2.24, 2.45) is 0 Å². The van der Waals surface area contributed by atoms with E-state index in [2.05, 4.69) is 24.4 Å². The second kappa shape index (κ2) is 11.5. The van der Waals surface area contributed by atoms with E-state index in [4.69, 9.17) is 23.2 Å². The normalized spacial score (nSPS) is 11.8. The van der Waals surface area contributed by atoms with Gasteiger partial charge in [0.2, 0.25) is 11.8 Å². The van der Waals surface area contributed by atoms with Crippen molar-refractivity contribution in [2.45, 2.75) is 39.1 Å². The smallest absolute Gasteiger partial charge is 0.242 e. The second-order valence-corrected chi connectivity index (χ2v) is 8.58. The van der Waals surface area contributed by atoms with Gasteiger partial charge in [-0.3, -0.25) is 9.59 Å². The van der Waals surface area contributed by atoms with Crippen LogP contribution in [-0.4, -0.2) is 35.1 Å². The Morgan fingerprint density at radius 1 is 1.14 bits per heavy atom. The van der Waals surface area contributed by atoms with E-state index in [0.29, 0.717) is 16.6 Å². The highest BCUT2D eigenvalue weighted by Crippen LogP contribution is 2.24. The molecule has 0 heterocycles. The number of rotatable bonds is 9. The molecule has 1 N–H and O–H groups in total. The topological polar surface area (TPSA) is 49.4 Å². The fraction of sp³-hybridized carbons (Fsp3) is 0.364. The van der Waals surface area contributed by atoms with Crippen LogP contribution in [0.25, 0.3) is 0 Å². The van der Waals surface area contributed by atoms with Gasteiger partial charge in [-0.15, -0.1) is 11.8 Å². The molecule has 2 aromatic rings. The van der Waals surface area contributed by atoms with Crippen LogP contribution in [0.4, 0.5) is 0 Å². The number of thioether (sulfide) groups is 1. The van der Waals surface area contributed by atoms with E-state index in [1.54, 1.807) is 30.0 Å². The van der Waals surface area contributed by atoms with Crippen LogP contribution in [0.3, 0.4) is 0 Å². The van der Waals surface area contributed by atoms with E-state index in [-0.39, 0.29) is 24.1 Å². The minimum Gasteiger partial charge on any atom is -0.355 e. The van der Waals surface area contributed by atoms with Crippen molar-refractivity contribution in [1.29, 1.82) is 0 Å². The third-order valence-electron chi connectivity index (χ3n) is 4.62. The predicted octanol–water partition coefficient (Wildman–Crippen LogP) is 5.09. The molecule has 0 aromatic heterocycles. The van der Waals surface area contributed by atoms with Gasteiger partial charge in [0.1, 0.15) is 6.04 Å². The lowest BCUT2D eigenvalue weighted by Gasteiger charge is -2.29. The molecular formula is C22H26Cl2N2O2S. The Morgan fingerprint density at radius 2 is 1.86 bits per heavy atom. The summed E-state index contributed by atoms with van der Waals surface area (Å²) in [6.07, 6.45) is 0. The van der Waals surface area contributed by atoms with Crippen molar-refractivity contribution in [3.63, 3.8) is 0 Å². The van der Waals surface area contributed by atoms with E-state index in [9.17, 15) is 9.59 Å². The highest BCUT2D eigenvalue weighted by atomic mass is 35.5. The molecule has 2 rings (SSSR count). The van der Waals surface area contributed by atoms with Gasteiger partial charge < -0.3 is 10.2 Å². The monoisotopic (exact) mass is 452 g/mol. The molecule has 0 aliphatic carbocycles. The third-order valence-corrected chi connectivity index (χ3v) is 6.17.